The number of nitrogens with one attached hydrogen (secondary N) is 1. The lowest BCUT2D eigenvalue weighted by molar-refractivity contribution is -0.132. The van der Waals surface area contributed by atoms with Gasteiger partial charge >= 0.3 is 0 Å². The molecular formula is C13H16Cl3N3O2. The van der Waals surface area contributed by atoms with Crippen LogP contribution in [0.3, 0.4) is 0 Å². The van der Waals surface area contributed by atoms with Gasteiger partial charge in [-0.25, -0.2) is 0 Å². The van der Waals surface area contributed by atoms with E-state index in [0.717, 1.165) is 0 Å². The number of benzene rings is 1. The van der Waals surface area contributed by atoms with Gasteiger partial charge in [0.05, 0.1) is 10.0 Å². The zero-order chi connectivity index (χ0) is 14.7. The third kappa shape index (κ3) is 4.01. The average molecular weight is 353 g/mol. The molecule has 0 radical (unpaired) electrons. The van der Waals surface area contributed by atoms with Crippen LogP contribution in [0, 0.1) is 5.92 Å². The number of carbonyl (C=O) groups is 2. The van der Waals surface area contributed by atoms with E-state index in [4.69, 9.17) is 28.9 Å². The number of rotatable bonds is 4. The summed E-state index contributed by atoms with van der Waals surface area (Å²) in [5.41, 5.74) is 5.97. The van der Waals surface area contributed by atoms with Crippen molar-refractivity contribution in [2.75, 3.05) is 24.5 Å². The first kappa shape index (κ1) is 18.0. The van der Waals surface area contributed by atoms with Crippen LogP contribution in [0.2, 0.25) is 10.0 Å². The zero-order valence-electron chi connectivity index (χ0n) is 11.1. The molecule has 1 heterocycles. The van der Waals surface area contributed by atoms with Crippen molar-refractivity contribution < 1.29 is 9.59 Å². The van der Waals surface area contributed by atoms with Crippen LogP contribution >= 0.6 is 35.6 Å². The normalized spacial score (nSPS) is 17.6. The van der Waals surface area contributed by atoms with E-state index in [2.05, 4.69) is 5.32 Å². The maximum absolute atomic E-state index is 12.3. The Morgan fingerprint density at radius 2 is 2.10 bits per heavy atom. The maximum atomic E-state index is 12.3. The molecule has 1 atom stereocenters. The van der Waals surface area contributed by atoms with Crippen LogP contribution < -0.4 is 16.0 Å². The van der Waals surface area contributed by atoms with E-state index in [1.165, 1.54) is 0 Å². The van der Waals surface area contributed by atoms with Crippen LogP contribution in [-0.4, -0.2) is 31.4 Å². The number of anilines is 1. The highest BCUT2D eigenvalue weighted by Crippen LogP contribution is 2.31. The molecule has 1 saturated heterocycles. The lowest BCUT2D eigenvalue weighted by atomic mass is 10.1. The fraction of sp³-hybridized carbons (Fsp3) is 0.385. The molecule has 21 heavy (non-hydrogen) atoms. The van der Waals surface area contributed by atoms with Crippen LogP contribution in [0.1, 0.15) is 6.42 Å². The van der Waals surface area contributed by atoms with Crippen molar-refractivity contribution in [1.82, 2.24) is 5.32 Å². The van der Waals surface area contributed by atoms with Crippen LogP contribution in [-0.2, 0) is 9.59 Å². The van der Waals surface area contributed by atoms with E-state index in [0.29, 0.717) is 41.8 Å². The smallest absolute Gasteiger partial charge is 0.239 e. The topological polar surface area (TPSA) is 75.4 Å². The standard InChI is InChI=1S/C13H15Cl2N3O2.ClH/c14-10-2-1-8(7-11(10)15)18-6-3-9(13(18)20)12(19)17-5-4-16;/h1-2,7,9H,3-6,16H2,(H,17,19);1H. The number of hydrogen-bond acceptors (Lipinski definition) is 3. The van der Waals surface area contributed by atoms with Gasteiger partial charge in [-0.2, -0.15) is 0 Å². The average Bonchev–Trinajstić information content (AvgIpc) is 2.81. The molecule has 0 spiro atoms. The minimum absolute atomic E-state index is 0. The number of amides is 2. The first-order valence-corrected chi connectivity index (χ1v) is 7.04. The fourth-order valence-corrected chi connectivity index (χ4v) is 2.44. The number of halogens is 3. The molecule has 0 saturated carbocycles. The second-order valence-corrected chi connectivity index (χ2v) is 5.32. The summed E-state index contributed by atoms with van der Waals surface area (Å²) in [5, 5.41) is 3.45. The number of carbonyl (C=O) groups excluding carboxylic acids is 2. The van der Waals surface area contributed by atoms with Crippen LogP contribution in [0.5, 0.6) is 0 Å². The molecule has 3 N–H and O–H groups in total. The molecule has 1 aromatic rings. The molecule has 0 aromatic heterocycles. The van der Waals surface area contributed by atoms with E-state index in [-0.39, 0.29) is 24.2 Å². The number of nitrogens with zero attached hydrogens (tertiary/aromatic N) is 1. The Kier molecular flexibility index (Phi) is 6.74. The summed E-state index contributed by atoms with van der Waals surface area (Å²) in [6.45, 7) is 1.20. The molecule has 1 unspecified atom stereocenters. The Labute approximate surface area is 139 Å². The largest absolute Gasteiger partial charge is 0.354 e. The van der Waals surface area contributed by atoms with Gasteiger partial charge in [0, 0.05) is 25.3 Å². The van der Waals surface area contributed by atoms with Crippen molar-refractivity contribution in [1.29, 1.82) is 0 Å². The molecule has 2 amide bonds. The fourth-order valence-electron chi connectivity index (χ4n) is 2.15. The highest BCUT2D eigenvalue weighted by molar-refractivity contribution is 6.42. The molecule has 1 aliphatic heterocycles. The quantitative estimate of drug-likeness (QED) is 0.812. The molecule has 0 aliphatic carbocycles. The van der Waals surface area contributed by atoms with E-state index in [1.54, 1.807) is 23.1 Å². The molecule has 1 aromatic carbocycles. The predicted octanol–water partition coefficient (Wildman–Crippen LogP) is 1.84. The minimum atomic E-state index is -0.656. The molecule has 2 rings (SSSR count). The van der Waals surface area contributed by atoms with Gasteiger partial charge in [0.1, 0.15) is 5.92 Å². The first-order chi connectivity index (χ1) is 9.54. The van der Waals surface area contributed by atoms with E-state index in [1.807, 2.05) is 0 Å². The Morgan fingerprint density at radius 3 is 2.71 bits per heavy atom. The molecule has 1 fully saturated rings. The summed E-state index contributed by atoms with van der Waals surface area (Å²) in [6, 6.07) is 4.97. The van der Waals surface area contributed by atoms with Gasteiger partial charge in [-0.15, -0.1) is 12.4 Å². The SMILES string of the molecule is Cl.NCCNC(=O)C1CCN(c2ccc(Cl)c(Cl)c2)C1=O. The third-order valence-electron chi connectivity index (χ3n) is 3.18. The first-order valence-electron chi connectivity index (χ1n) is 6.29. The zero-order valence-corrected chi connectivity index (χ0v) is 13.5. The molecular weight excluding hydrogens is 337 g/mol. The van der Waals surface area contributed by atoms with Crippen molar-refractivity contribution in [3.05, 3.63) is 28.2 Å². The Hall–Kier alpha value is -1.01. The van der Waals surface area contributed by atoms with Crippen molar-refractivity contribution in [2.45, 2.75) is 6.42 Å². The summed E-state index contributed by atoms with van der Waals surface area (Å²) >= 11 is 11.8. The predicted molar refractivity (Wildman–Crippen MR) is 86.2 cm³/mol. The summed E-state index contributed by atoms with van der Waals surface area (Å²) < 4.78 is 0. The van der Waals surface area contributed by atoms with E-state index in [9.17, 15) is 9.59 Å². The molecule has 1 aliphatic rings. The summed E-state index contributed by atoms with van der Waals surface area (Å²) in [6.07, 6.45) is 0.482. The van der Waals surface area contributed by atoms with E-state index < -0.39 is 5.92 Å². The van der Waals surface area contributed by atoms with Gasteiger partial charge < -0.3 is 16.0 Å². The Bertz CT molecular complexity index is 539. The molecule has 5 nitrogen and oxygen atoms in total. The van der Waals surface area contributed by atoms with Gasteiger partial charge in [-0.1, -0.05) is 23.2 Å². The highest BCUT2D eigenvalue weighted by atomic mass is 35.5. The van der Waals surface area contributed by atoms with Gasteiger partial charge in [-0.3, -0.25) is 9.59 Å². The molecule has 8 heteroatoms. The van der Waals surface area contributed by atoms with Gasteiger partial charge in [0.2, 0.25) is 11.8 Å². The van der Waals surface area contributed by atoms with Gasteiger partial charge in [-0.05, 0) is 24.6 Å². The summed E-state index contributed by atoms with van der Waals surface area (Å²) in [7, 11) is 0. The molecule has 116 valence electrons. The highest BCUT2D eigenvalue weighted by Gasteiger charge is 2.37. The minimum Gasteiger partial charge on any atom is -0.354 e. The number of hydrogen-bond donors (Lipinski definition) is 2. The van der Waals surface area contributed by atoms with Crippen molar-refractivity contribution >= 4 is 53.1 Å². The van der Waals surface area contributed by atoms with E-state index >= 15 is 0 Å². The number of nitrogens with two attached hydrogens (primary N) is 1. The Balaban J connectivity index is 0.00000220. The van der Waals surface area contributed by atoms with Crippen molar-refractivity contribution in [3.8, 4) is 0 Å². The van der Waals surface area contributed by atoms with Gasteiger partial charge in [0.15, 0.2) is 0 Å². The van der Waals surface area contributed by atoms with Crippen molar-refractivity contribution in [2.24, 2.45) is 11.7 Å². The van der Waals surface area contributed by atoms with Crippen LogP contribution in [0.25, 0.3) is 0 Å². The van der Waals surface area contributed by atoms with Crippen molar-refractivity contribution in [3.63, 3.8) is 0 Å². The van der Waals surface area contributed by atoms with Crippen LogP contribution in [0.15, 0.2) is 18.2 Å². The lowest BCUT2D eigenvalue weighted by Crippen LogP contribution is -2.38. The third-order valence-corrected chi connectivity index (χ3v) is 3.92. The lowest BCUT2D eigenvalue weighted by Gasteiger charge is -2.17. The second-order valence-electron chi connectivity index (χ2n) is 4.51. The Morgan fingerprint density at radius 1 is 1.38 bits per heavy atom. The monoisotopic (exact) mass is 351 g/mol. The summed E-state index contributed by atoms with van der Waals surface area (Å²) in [4.78, 5) is 25.7. The second kappa shape index (κ2) is 7.84. The van der Waals surface area contributed by atoms with Gasteiger partial charge in [0.25, 0.3) is 0 Å². The molecule has 0 bridgehead atoms. The van der Waals surface area contributed by atoms with Crippen LogP contribution in [0.4, 0.5) is 5.69 Å². The summed E-state index contributed by atoms with van der Waals surface area (Å²) in [5.74, 6) is -1.16. The maximum Gasteiger partial charge on any atom is 0.239 e.